The number of anilines is 1. The lowest BCUT2D eigenvalue weighted by Crippen LogP contribution is -2.43. The van der Waals surface area contributed by atoms with Crippen LogP contribution in [0.5, 0.6) is 5.75 Å². The van der Waals surface area contributed by atoms with E-state index in [-0.39, 0.29) is 18.0 Å². The second-order valence-corrected chi connectivity index (χ2v) is 13.8. The van der Waals surface area contributed by atoms with Crippen LogP contribution in [-0.2, 0) is 30.7 Å². The monoisotopic (exact) mass is 639 g/mol. The number of fused-ring (bicyclic) bond motifs is 2. The molecular weight excluding hydrogens is 590 g/mol. The number of nitrogens with zero attached hydrogens (tertiary/aromatic N) is 3. The van der Waals surface area contributed by atoms with Gasteiger partial charge in [0.15, 0.2) is 5.75 Å². The van der Waals surface area contributed by atoms with Crippen molar-refractivity contribution in [2.24, 2.45) is 0 Å². The predicted molar refractivity (Wildman–Crippen MR) is 186 cm³/mol. The van der Waals surface area contributed by atoms with Crippen molar-refractivity contribution >= 4 is 11.6 Å². The first-order valence-electron chi connectivity index (χ1n) is 17.6. The molecule has 0 bridgehead atoms. The summed E-state index contributed by atoms with van der Waals surface area (Å²) in [5.41, 5.74) is 8.75. The zero-order valence-corrected chi connectivity index (χ0v) is 28.0. The summed E-state index contributed by atoms with van der Waals surface area (Å²) in [6.45, 7) is 10.4. The fourth-order valence-corrected chi connectivity index (χ4v) is 7.85. The van der Waals surface area contributed by atoms with E-state index in [0.717, 1.165) is 125 Å². The molecule has 9 nitrogen and oxygen atoms in total. The lowest BCUT2D eigenvalue weighted by molar-refractivity contribution is 0.0844. The largest absolute Gasteiger partial charge is 0.490 e. The molecule has 250 valence electrons. The summed E-state index contributed by atoms with van der Waals surface area (Å²) in [7, 11) is 2.19. The SMILES string of the molecule is Cc1[nH]c(=O)c(CNC(=O)c2cc(-c3ccc(CN4CCN(C)CC4)cc3)cc3c2OCCCN3C2CCOCC2)c2c1CCCC2. The van der Waals surface area contributed by atoms with E-state index in [1.165, 1.54) is 11.1 Å². The van der Waals surface area contributed by atoms with Crippen LogP contribution in [0.1, 0.15) is 70.4 Å². The molecular formula is C38H49N5O4. The first-order valence-corrected chi connectivity index (χ1v) is 17.6. The van der Waals surface area contributed by atoms with Gasteiger partial charge in [-0.2, -0.15) is 0 Å². The highest BCUT2D eigenvalue weighted by atomic mass is 16.5. The molecule has 9 heteroatoms. The van der Waals surface area contributed by atoms with E-state index < -0.39 is 0 Å². The molecule has 2 aromatic carbocycles. The number of nitrogens with one attached hydrogen (secondary N) is 2. The number of carbonyl (C=O) groups excluding carboxylic acids is 1. The van der Waals surface area contributed by atoms with Gasteiger partial charge in [0.25, 0.3) is 11.5 Å². The molecule has 7 rings (SSSR count). The quantitative estimate of drug-likeness (QED) is 0.388. The second kappa shape index (κ2) is 14.2. The van der Waals surface area contributed by atoms with E-state index in [0.29, 0.717) is 29.5 Å². The van der Waals surface area contributed by atoms with Gasteiger partial charge in [-0.05, 0) is 98.9 Å². The number of pyridine rings is 1. The molecule has 47 heavy (non-hydrogen) atoms. The number of carbonyl (C=O) groups is 1. The van der Waals surface area contributed by atoms with Gasteiger partial charge >= 0.3 is 0 Å². The van der Waals surface area contributed by atoms with Crippen LogP contribution in [0.2, 0.25) is 0 Å². The average molecular weight is 640 g/mol. The number of benzene rings is 2. The molecule has 4 heterocycles. The van der Waals surface area contributed by atoms with E-state index in [4.69, 9.17) is 9.47 Å². The summed E-state index contributed by atoms with van der Waals surface area (Å²) in [5, 5.41) is 3.14. The maximum absolute atomic E-state index is 14.2. The van der Waals surface area contributed by atoms with E-state index in [9.17, 15) is 9.59 Å². The number of likely N-dealkylation sites (N-methyl/N-ethyl adjacent to an activating group) is 1. The molecule has 2 fully saturated rings. The van der Waals surface area contributed by atoms with Crippen molar-refractivity contribution in [3.8, 4) is 16.9 Å². The molecule has 1 aliphatic carbocycles. The molecule has 2 N–H and O–H groups in total. The number of hydrogen-bond acceptors (Lipinski definition) is 7. The zero-order valence-electron chi connectivity index (χ0n) is 28.0. The van der Waals surface area contributed by atoms with Gasteiger partial charge in [-0.3, -0.25) is 14.5 Å². The van der Waals surface area contributed by atoms with Crippen LogP contribution in [0, 0.1) is 6.92 Å². The summed E-state index contributed by atoms with van der Waals surface area (Å²) < 4.78 is 12.1. The molecule has 4 aliphatic rings. The Hall–Kier alpha value is -3.66. The van der Waals surface area contributed by atoms with Crippen molar-refractivity contribution in [1.82, 2.24) is 20.1 Å². The molecule has 0 radical (unpaired) electrons. The Bertz CT molecular complexity index is 1640. The zero-order chi connectivity index (χ0) is 32.3. The number of H-pyrrole nitrogens is 1. The normalized spacial score (nSPS) is 19.4. The summed E-state index contributed by atoms with van der Waals surface area (Å²) in [6.07, 6.45) is 6.83. The first-order chi connectivity index (χ1) is 22.9. The van der Waals surface area contributed by atoms with Crippen LogP contribution in [0.25, 0.3) is 11.1 Å². The Morgan fingerprint density at radius 3 is 2.43 bits per heavy atom. The number of piperazine rings is 1. The van der Waals surface area contributed by atoms with E-state index in [1.807, 2.05) is 13.0 Å². The average Bonchev–Trinajstić information content (AvgIpc) is 3.32. The minimum absolute atomic E-state index is 0.102. The topological polar surface area (TPSA) is 90.1 Å². The highest BCUT2D eigenvalue weighted by Crippen LogP contribution is 2.41. The Labute approximate surface area is 278 Å². The van der Waals surface area contributed by atoms with Crippen molar-refractivity contribution in [2.45, 2.75) is 71.0 Å². The second-order valence-electron chi connectivity index (χ2n) is 13.8. The number of rotatable bonds is 7. The molecule has 1 amide bonds. The third-order valence-electron chi connectivity index (χ3n) is 10.6. The predicted octanol–water partition coefficient (Wildman–Crippen LogP) is 4.67. The van der Waals surface area contributed by atoms with Crippen LogP contribution in [0.3, 0.4) is 0 Å². The van der Waals surface area contributed by atoms with E-state index in [1.54, 1.807) is 0 Å². The molecule has 3 aromatic rings. The molecule has 0 unspecified atom stereocenters. The third kappa shape index (κ3) is 6.98. The highest BCUT2D eigenvalue weighted by molar-refractivity contribution is 6.01. The van der Waals surface area contributed by atoms with Crippen LogP contribution in [0.4, 0.5) is 5.69 Å². The van der Waals surface area contributed by atoms with Crippen LogP contribution >= 0.6 is 0 Å². The fraction of sp³-hybridized carbons (Fsp3) is 0.526. The Morgan fingerprint density at radius 2 is 1.66 bits per heavy atom. The highest BCUT2D eigenvalue weighted by Gasteiger charge is 2.30. The van der Waals surface area contributed by atoms with Crippen LogP contribution in [-0.4, -0.2) is 86.3 Å². The van der Waals surface area contributed by atoms with Crippen molar-refractivity contribution in [1.29, 1.82) is 0 Å². The number of aryl methyl sites for hydroxylation is 1. The lowest BCUT2D eigenvalue weighted by atomic mass is 9.88. The van der Waals surface area contributed by atoms with Crippen molar-refractivity contribution in [2.75, 3.05) is 64.5 Å². The van der Waals surface area contributed by atoms with Crippen molar-refractivity contribution < 1.29 is 14.3 Å². The molecule has 3 aliphatic heterocycles. The maximum atomic E-state index is 14.2. The standard InChI is InChI=1S/C38H49N5O4/c1-26-31-6-3-4-7-32(31)34(38(45)40-26)24-39-37(44)33-22-29(28-10-8-27(9-11-28)25-42-17-15-41(2)16-18-42)23-35-36(33)47-19-5-14-43(35)30-12-20-46-21-13-30/h8-11,22-23,30H,3-7,12-21,24-25H2,1-2H3,(H,39,44)(H,40,45). The summed E-state index contributed by atoms with van der Waals surface area (Å²) in [6, 6.07) is 13.3. The van der Waals surface area contributed by atoms with Gasteiger partial charge in [-0.15, -0.1) is 0 Å². The fourth-order valence-electron chi connectivity index (χ4n) is 7.85. The van der Waals surface area contributed by atoms with Gasteiger partial charge in [0.2, 0.25) is 0 Å². The molecule has 2 saturated heterocycles. The summed E-state index contributed by atoms with van der Waals surface area (Å²) >= 11 is 0. The third-order valence-corrected chi connectivity index (χ3v) is 10.6. The minimum Gasteiger partial charge on any atom is -0.490 e. The molecule has 0 spiro atoms. The van der Waals surface area contributed by atoms with E-state index in [2.05, 4.69) is 62.4 Å². The van der Waals surface area contributed by atoms with Gasteiger partial charge in [0.1, 0.15) is 0 Å². The lowest BCUT2D eigenvalue weighted by Gasteiger charge is -2.36. The smallest absolute Gasteiger partial charge is 0.255 e. The number of hydrogen-bond donors (Lipinski definition) is 2. The van der Waals surface area contributed by atoms with Crippen LogP contribution in [0.15, 0.2) is 41.2 Å². The maximum Gasteiger partial charge on any atom is 0.255 e. The molecule has 0 atom stereocenters. The summed E-state index contributed by atoms with van der Waals surface area (Å²) in [4.78, 5) is 37.7. The van der Waals surface area contributed by atoms with Gasteiger partial charge in [-0.25, -0.2) is 0 Å². The minimum atomic E-state index is -0.215. The van der Waals surface area contributed by atoms with E-state index >= 15 is 0 Å². The van der Waals surface area contributed by atoms with Crippen molar-refractivity contribution in [3.05, 3.63) is 80.3 Å². The summed E-state index contributed by atoms with van der Waals surface area (Å²) in [5.74, 6) is 0.426. The van der Waals surface area contributed by atoms with Gasteiger partial charge in [0, 0.05) is 76.3 Å². The number of aromatic amines is 1. The van der Waals surface area contributed by atoms with Gasteiger partial charge < -0.3 is 29.6 Å². The number of ether oxygens (including phenoxy) is 2. The van der Waals surface area contributed by atoms with Crippen LogP contribution < -0.4 is 20.5 Å². The Morgan fingerprint density at radius 1 is 0.915 bits per heavy atom. The van der Waals surface area contributed by atoms with Gasteiger partial charge in [0.05, 0.1) is 17.9 Å². The van der Waals surface area contributed by atoms with Crippen molar-refractivity contribution in [3.63, 3.8) is 0 Å². The molecule has 1 aromatic heterocycles. The first kappa shape index (κ1) is 31.9. The Balaban J connectivity index is 1.21. The Kier molecular flexibility index (Phi) is 9.65. The van der Waals surface area contributed by atoms with Gasteiger partial charge in [-0.1, -0.05) is 24.3 Å². The number of aromatic nitrogens is 1. The number of amides is 1. The molecule has 0 saturated carbocycles.